The lowest BCUT2D eigenvalue weighted by Crippen LogP contribution is -2.25. The molecule has 1 N–H and O–H groups in total. The quantitative estimate of drug-likeness (QED) is 0.781. The summed E-state index contributed by atoms with van der Waals surface area (Å²) in [6.45, 7) is 1.11. The molecule has 20 heavy (non-hydrogen) atoms. The van der Waals surface area contributed by atoms with Gasteiger partial charge in [-0.25, -0.2) is 4.68 Å². The Balaban J connectivity index is 1.66. The van der Waals surface area contributed by atoms with E-state index >= 15 is 0 Å². The van der Waals surface area contributed by atoms with Gasteiger partial charge in [-0.1, -0.05) is 25.7 Å². The standard InChI is InChI=1S/C16H24BrN3/c17-14-15(12-5-3-1-2-4-6-12)19-20-13(11-7-8-11)9-10-18-16(14)20/h11-13,18H,1-10H2. The molecular weight excluding hydrogens is 314 g/mol. The molecule has 2 fully saturated rings. The van der Waals surface area contributed by atoms with E-state index in [0.29, 0.717) is 12.0 Å². The van der Waals surface area contributed by atoms with Crippen molar-refractivity contribution >= 4 is 21.7 Å². The molecular formula is C16H24BrN3. The maximum Gasteiger partial charge on any atom is 0.139 e. The lowest BCUT2D eigenvalue weighted by atomic mass is 9.97. The number of halogens is 1. The van der Waals surface area contributed by atoms with Crippen LogP contribution < -0.4 is 5.32 Å². The maximum absolute atomic E-state index is 5.07. The SMILES string of the molecule is Brc1c(C2CCCCCC2)nn2c1NCCC2C1CC1. The highest BCUT2D eigenvalue weighted by Crippen LogP contribution is 2.47. The van der Waals surface area contributed by atoms with Gasteiger partial charge < -0.3 is 5.32 Å². The molecule has 1 aliphatic heterocycles. The number of nitrogens with zero attached hydrogens (tertiary/aromatic N) is 2. The number of fused-ring (bicyclic) bond motifs is 1. The highest BCUT2D eigenvalue weighted by atomic mass is 79.9. The summed E-state index contributed by atoms with van der Waals surface area (Å²) < 4.78 is 3.58. The first-order chi connectivity index (χ1) is 9.84. The Labute approximate surface area is 129 Å². The van der Waals surface area contributed by atoms with Crippen molar-refractivity contribution in [3.63, 3.8) is 0 Å². The summed E-state index contributed by atoms with van der Waals surface area (Å²) in [7, 11) is 0. The summed E-state index contributed by atoms with van der Waals surface area (Å²) in [4.78, 5) is 0. The maximum atomic E-state index is 5.07. The van der Waals surface area contributed by atoms with Crippen molar-refractivity contribution < 1.29 is 0 Å². The predicted octanol–water partition coefficient (Wildman–Crippen LogP) is 4.85. The molecule has 2 saturated carbocycles. The van der Waals surface area contributed by atoms with Gasteiger partial charge in [0.15, 0.2) is 0 Å². The van der Waals surface area contributed by atoms with Crippen LogP contribution in [0.4, 0.5) is 5.82 Å². The largest absolute Gasteiger partial charge is 0.369 e. The van der Waals surface area contributed by atoms with Crippen LogP contribution in [-0.2, 0) is 0 Å². The second kappa shape index (κ2) is 5.36. The van der Waals surface area contributed by atoms with E-state index in [0.717, 1.165) is 12.5 Å². The van der Waals surface area contributed by atoms with Crippen molar-refractivity contribution in [2.45, 2.75) is 69.7 Å². The third kappa shape index (κ3) is 2.30. The number of aromatic nitrogens is 2. The van der Waals surface area contributed by atoms with Crippen LogP contribution in [0.5, 0.6) is 0 Å². The van der Waals surface area contributed by atoms with E-state index in [1.54, 1.807) is 0 Å². The minimum Gasteiger partial charge on any atom is -0.369 e. The van der Waals surface area contributed by atoms with Crippen LogP contribution in [-0.4, -0.2) is 16.3 Å². The van der Waals surface area contributed by atoms with Crippen molar-refractivity contribution in [3.8, 4) is 0 Å². The Morgan fingerprint density at radius 3 is 2.45 bits per heavy atom. The number of anilines is 1. The monoisotopic (exact) mass is 337 g/mol. The van der Waals surface area contributed by atoms with Gasteiger partial charge in [0.1, 0.15) is 5.82 Å². The summed E-state index contributed by atoms with van der Waals surface area (Å²) in [6.07, 6.45) is 12.3. The van der Waals surface area contributed by atoms with Crippen LogP contribution in [0, 0.1) is 5.92 Å². The van der Waals surface area contributed by atoms with E-state index in [1.807, 2.05) is 0 Å². The van der Waals surface area contributed by atoms with Gasteiger partial charge in [-0.15, -0.1) is 0 Å². The molecule has 0 spiro atoms. The smallest absolute Gasteiger partial charge is 0.139 e. The van der Waals surface area contributed by atoms with E-state index in [1.165, 1.54) is 73.8 Å². The molecule has 0 saturated heterocycles. The Kier molecular flexibility index (Phi) is 3.53. The molecule has 1 unspecified atom stereocenters. The summed E-state index contributed by atoms with van der Waals surface area (Å²) in [6, 6.07) is 0.655. The van der Waals surface area contributed by atoms with E-state index in [2.05, 4.69) is 25.9 Å². The zero-order valence-corrected chi connectivity index (χ0v) is 13.7. The van der Waals surface area contributed by atoms with E-state index in [9.17, 15) is 0 Å². The van der Waals surface area contributed by atoms with E-state index < -0.39 is 0 Å². The molecule has 3 nitrogen and oxygen atoms in total. The molecule has 2 heterocycles. The minimum absolute atomic E-state index is 0.655. The van der Waals surface area contributed by atoms with Crippen LogP contribution in [0.25, 0.3) is 0 Å². The first-order valence-electron chi connectivity index (χ1n) is 8.36. The molecule has 2 aliphatic carbocycles. The van der Waals surface area contributed by atoms with Crippen LogP contribution >= 0.6 is 15.9 Å². The third-order valence-electron chi connectivity index (χ3n) is 5.33. The van der Waals surface area contributed by atoms with Gasteiger partial charge >= 0.3 is 0 Å². The van der Waals surface area contributed by atoms with Crippen molar-refractivity contribution in [1.82, 2.24) is 9.78 Å². The summed E-state index contributed by atoms with van der Waals surface area (Å²) in [5.74, 6) is 2.82. The molecule has 1 atom stereocenters. The van der Waals surface area contributed by atoms with Gasteiger partial charge in [-0.3, -0.25) is 0 Å². The van der Waals surface area contributed by atoms with Crippen molar-refractivity contribution in [2.75, 3.05) is 11.9 Å². The molecule has 1 aromatic rings. The van der Waals surface area contributed by atoms with E-state index in [-0.39, 0.29) is 0 Å². The fourth-order valence-corrected chi connectivity index (χ4v) is 4.75. The number of nitrogens with one attached hydrogen (secondary N) is 1. The molecule has 110 valence electrons. The van der Waals surface area contributed by atoms with Gasteiger partial charge in [0.25, 0.3) is 0 Å². The van der Waals surface area contributed by atoms with Crippen molar-refractivity contribution in [3.05, 3.63) is 10.2 Å². The average Bonchev–Trinajstić information content (AvgIpc) is 3.28. The van der Waals surface area contributed by atoms with Gasteiger partial charge in [0, 0.05) is 12.5 Å². The second-order valence-electron chi connectivity index (χ2n) is 6.80. The first-order valence-corrected chi connectivity index (χ1v) is 9.15. The highest BCUT2D eigenvalue weighted by Gasteiger charge is 2.37. The molecule has 4 heteroatoms. The first kappa shape index (κ1) is 13.2. The zero-order chi connectivity index (χ0) is 13.5. The third-order valence-corrected chi connectivity index (χ3v) is 6.11. The fourth-order valence-electron chi connectivity index (χ4n) is 4.02. The lowest BCUT2D eigenvalue weighted by molar-refractivity contribution is 0.370. The number of rotatable bonds is 2. The zero-order valence-electron chi connectivity index (χ0n) is 12.1. The second-order valence-corrected chi connectivity index (χ2v) is 7.59. The summed E-state index contributed by atoms with van der Waals surface area (Å²) in [5.41, 5.74) is 1.34. The van der Waals surface area contributed by atoms with Crippen molar-refractivity contribution in [2.24, 2.45) is 5.92 Å². The Bertz CT molecular complexity index is 484. The molecule has 0 radical (unpaired) electrons. The fraction of sp³-hybridized carbons (Fsp3) is 0.812. The topological polar surface area (TPSA) is 29.9 Å². The van der Waals surface area contributed by atoms with Crippen LogP contribution in [0.15, 0.2) is 4.47 Å². The molecule has 0 bridgehead atoms. The summed E-state index contributed by atoms with van der Waals surface area (Å²) in [5, 5.41) is 8.64. The minimum atomic E-state index is 0.655. The van der Waals surface area contributed by atoms with Crippen LogP contribution in [0.2, 0.25) is 0 Å². The van der Waals surface area contributed by atoms with Gasteiger partial charge in [-0.2, -0.15) is 5.10 Å². The predicted molar refractivity (Wildman–Crippen MR) is 85.2 cm³/mol. The van der Waals surface area contributed by atoms with Crippen LogP contribution in [0.1, 0.15) is 75.4 Å². The number of hydrogen-bond donors (Lipinski definition) is 1. The Hall–Kier alpha value is -0.510. The summed E-state index contributed by atoms with van der Waals surface area (Å²) >= 11 is 3.85. The van der Waals surface area contributed by atoms with Gasteiger partial charge in [0.05, 0.1) is 16.2 Å². The molecule has 0 aromatic carbocycles. The van der Waals surface area contributed by atoms with Crippen LogP contribution in [0.3, 0.4) is 0 Å². The average molecular weight is 338 g/mol. The molecule has 1 aromatic heterocycles. The Morgan fingerprint density at radius 2 is 1.75 bits per heavy atom. The van der Waals surface area contributed by atoms with Crippen molar-refractivity contribution in [1.29, 1.82) is 0 Å². The highest BCUT2D eigenvalue weighted by molar-refractivity contribution is 9.10. The van der Waals surface area contributed by atoms with Gasteiger partial charge in [-0.05, 0) is 54.0 Å². The Morgan fingerprint density at radius 1 is 1.00 bits per heavy atom. The molecule has 4 rings (SSSR count). The van der Waals surface area contributed by atoms with E-state index in [4.69, 9.17) is 5.10 Å². The normalized spacial score (nSPS) is 27.8. The molecule has 3 aliphatic rings. The lowest BCUT2D eigenvalue weighted by Gasteiger charge is -2.25. The number of hydrogen-bond acceptors (Lipinski definition) is 2. The molecule has 0 amide bonds. The van der Waals surface area contributed by atoms with Gasteiger partial charge in [0.2, 0.25) is 0 Å².